The summed E-state index contributed by atoms with van der Waals surface area (Å²) in [5.41, 5.74) is 0. The summed E-state index contributed by atoms with van der Waals surface area (Å²) in [6, 6.07) is 0. The Kier molecular flexibility index (Phi) is 1.63. The molecular weight excluding hydrogens is 273 g/mol. The van der Waals surface area contributed by atoms with Gasteiger partial charge in [0.2, 0.25) is 0 Å². The number of halogens is 2. The minimum Gasteiger partial charge on any atom is -0.149 e. The molecule has 0 saturated carbocycles. The van der Waals surface area contributed by atoms with Crippen LogP contribution in [0.2, 0.25) is 0 Å². The highest BCUT2D eigenvalue weighted by molar-refractivity contribution is 14.1. The molecule has 0 unspecified atom stereocenters. The molecule has 7 heavy (non-hydrogen) atoms. The molecule has 0 atom stereocenters. The van der Waals surface area contributed by atoms with Gasteiger partial charge in [-0.2, -0.15) is 0 Å². The highest BCUT2D eigenvalue weighted by Gasteiger charge is 1.87. The summed E-state index contributed by atoms with van der Waals surface area (Å²) in [5, 5.41) is 7.55. The van der Waals surface area contributed by atoms with Crippen LogP contribution in [0.5, 0.6) is 0 Å². The van der Waals surface area contributed by atoms with Crippen LogP contribution in [0.25, 0.3) is 0 Å². The molecule has 0 aliphatic carbocycles. The van der Waals surface area contributed by atoms with Gasteiger partial charge in [-0.15, -0.1) is 14.0 Å². The number of hydrogen-bond donors (Lipinski definition) is 0. The van der Waals surface area contributed by atoms with E-state index in [0.717, 1.165) is 3.70 Å². The molecule has 1 aromatic heterocycles. The summed E-state index contributed by atoms with van der Waals surface area (Å²) in [6.07, 6.45) is 1.66. The van der Waals surface area contributed by atoms with E-state index in [0.29, 0.717) is 0 Å². The van der Waals surface area contributed by atoms with E-state index >= 15 is 0 Å². The van der Waals surface area contributed by atoms with Crippen molar-refractivity contribution in [1.82, 2.24) is 14.0 Å². The van der Waals surface area contributed by atoms with Crippen molar-refractivity contribution >= 4 is 38.7 Å². The maximum absolute atomic E-state index is 3.82. The average molecular weight is 274 g/mol. The van der Waals surface area contributed by atoms with E-state index < -0.39 is 0 Å². The Morgan fingerprint density at radius 2 is 2.57 bits per heavy atom. The van der Waals surface area contributed by atoms with Crippen LogP contribution in [-0.2, 0) is 0 Å². The van der Waals surface area contributed by atoms with Crippen LogP contribution in [0, 0.1) is 3.70 Å². The third-order valence-electron chi connectivity index (χ3n) is 0.438. The summed E-state index contributed by atoms with van der Waals surface area (Å²) in [7, 11) is 0. The third-order valence-corrected chi connectivity index (χ3v) is 1.27. The number of rotatable bonds is 0. The topological polar surface area (TPSA) is 30.7 Å². The maximum Gasteiger partial charge on any atom is 0.144 e. The molecule has 0 spiro atoms. The van der Waals surface area contributed by atoms with Gasteiger partial charge in [0, 0.05) is 0 Å². The fourth-order valence-corrected chi connectivity index (χ4v) is 1.11. The Hall–Kier alpha value is 0.350. The quantitative estimate of drug-likeness (QED) is 0.662. The lowest BCUT2D eigenvalue weighted by Crippen LogP contribution is -1.81. The summed E-state index contributed by atoms with van der Waals surface area (Å²) < 4.78 is 2.23. The van der Waals surface area contributed by atoms with Crippen LogP contribution in [0.15, 0.2) is 6.20 Å². The van der Waals surface area contributed by atoms with Gasteiger partial charge in [-0.1, -0.05) is 0 Å². The van der Waals surface area contributed by atoms with Crippen molar-refractivity contribution in [3.63, 3.8) is 0 Å². The van der Waals surface area contributed by atoms with Crippen molar-refractivity contribution in [2.75, 3.05) is 0 Å². The number of hydrogen-bond acceptors (Lipinski definition) is 2. The molecule has 0 aromatic carbocycles. The molecule has 1 heterocycles. The monoisotopic (exact) mass is 273 g/mol. The van der Waals surface area contributed by atoms with Crippen LogP contribution in [-0.4, -0.2) is 14.0 Å². The van der Waals surface area contributed by atoms with E-state index in [1.807, 2.05) is 0 Å². The second-order valence-corrected chi connectivity index (χ2v) is 2.65. The van der Waals surface area contributed by atoms with E-state index in [4.69, 9.17) is 0 Å². The van der Waals surface area contributed by atoms with Gasteiger partial charge in [-0.25, -0.2) is 0 Å². The summed E-state index contributed by atoms with van der Waals surface area (Å²) in [4.78, 5) is 0. The fraction of sp³-hybridized carbons (Fsp3) is 0. The van der Waals surface area contributed by atoms with Crippen LogP contribution in [0.4, 0.5) is 0 Å². The second kappa shape index (κ2) is 2.08. The Morgan fingerprint density at radius 1 is 1.86 bits per heavy atom. The first-order chi connectivity index (χ1) is 3.29. The van der Waals surface area contributed by atoms with Crippen molar-refractivity contribution < 1.29 is 0 Å². The van der Waals surface area contributed by atoms with E-state index in [-0.39, 0.29) is 0 Å². The van der Waals surface area contributed by atoms with Gasteiger partial charge in [-0.3, -0.25) is 0 Å². The molecule has 3 nitrogen and oxygen atoms in total. The Labute approximate surface area is 62.6 Å². The molecule has 0 amide bonds. The van der Waals surface area contributed by atoms with Gasteiger partial charge in [0.1, 0.15) is 3.70 Å². The fourth-order valence-electron chi connectivity index (χ4n) is 0.226. The third kappa shape index (κ3) is 1.37. The van der Waals surface area contributed by atoms with Gasteiger partial charge in [0.15, 0.2) is 0 Å². The molecule has 0 fully saturated rings. The summed E-state index contributed by atoms with van der Waals surface area (Å²) in [5.74, 6) is 0. The first kappa shape index (κ1) is 5.49. The SMILES string of the molecule is Brn1ncc(I)n1. The molecular formula is C2HBrIN3. The van der Waals surface area contributed by atoms with Gasteiger partial charge in [-0.05, 0) is 22.6 Å². The van der Waals surface area contributed by atoms with Crippen molar-refractivity contribution in [2.24, 2.45) is 0 Å². The first-order valence-electron chi connectivity index (χ1n) is 1.53. The Balaban J connectivity index is 3.04. The molecule has 0 bridgehead atoms. The summed E-state index contributed by atoms with van der Waals surface area (Å²) in [6.45, 7) is 0. The average Bonchev–Trinajstić information content (AvgIpc) is 1.87. The van der Waals surface area contributed by atoms with Crippen molar-refractivity contribution in [2.45, 2.75) is 0 Å². The molecule has 0 saturated heterocycles. The van der Waals surface area contributed by atoms with Gasteiger partial charge >= 0.3 is 0 Å². The van der Waals surface area contributed by atoms with Crippen molar-refractivity contribution in [1.29, 1.82) is 0 Å². The van der Waals surface area contributed by atoms with Crippen LogP contribution in [0.3, 0.4) is 0 Å². The highest BCUT2D eigenvalue weighted by Crippen LogP contribution is 1.96. The Morgan fingerprint density at radius 3 is 2.71 bits per heavy atom. The van der Waals surface area contributed by atoms with Crippen LogP contribution >= 0.6 is 38.7 Å². The zero-order valence-electron chi connectivity index (χ0n) is 3.17. The van der Waals surface area contributed by atoms with E-state index in [1.54, 1.807) is 6.20 Å². The largest absolute Gasteiger partial charge is 0.149 e. The first-order valence-corrected chi connectivity index (χ1v) is 3.32. The molecule has 0 aliphatic rings. The highest BCUT2D eigenvalue weighted by atomic mass is 127. The molecule has 1 rings (SSSR count). The zero-order valence-corrected chi connectivity index (χ0v) is 6.92. The maximum atomic E-state index is 3.82. The molecule has 1 aromatic rings. The van der Waals surface area contributed by atoms with Crippen molar-refractivity contribution in [3.8, 4) is 0 Å². The van der Waals surface area contributed by atoms with Crippen LogP contribution in [0.1, 0.15) is 0 Å². The van der Waals surface area contributed by atoms with E-state index in [2.05, 4.69) is 48.9 Å². The predicted molar refractivity (Wildman–Crippen MR) is 37.1 cm³/mol. The van der Waals surface area contributed by atoms with Crippen molar-refractivity contribution in [3.05, 3.63) is 9.90 Å². The van der Waals surface area contributed by atoms with E-state index in [9.17, 15) is 0 Å². The van der Waals surface area contributed by atoms with Gasteiger partial charge in [0.25, 0.3) is 0 Å². The van der Waals surface area contributed by atoms with E-state index in [1.165, 1.54) is 3.82 Å². The lowest BCUT2D eigenvalue weighted by Gasteiger charge is -1.72. The number of nitrogens with zero attached hydrogens (tertiary/aromatic N) is 3. The standard InChI is InChI=1S/C2HBrIN3/c3-7-5-1-2(4)6-7/h1H. The molecule has 38 valence electrons. The Bertz CT molecular complexity index is 145. The minimum atomic E-state index is 0.884. The zero-order chi connectivity index (χ0) is 5.28. The van der Waals surface area contributed by atoms with Gasteiger partial charge in [0.05, 0.1) is 22.3 Å². The predicted octanol–water partition coefficient (Wildman–Crippen LogP) is 1.04. The summed E-state index contributed by atoms with van der Waals surface area (Å²) >= 11 is 5.10. The molecule has 0 N–H and O–H groups in total. The van der Waals surface area contributed by atoms with Crippen LogP contribution < -0.4 is 0 Å². The molecule has 0 radical (unpaired) electrons. The second-order valence-electron chi connectivity index (χ2n) is 0.908. The smallest absolute Gasteiger partial charge is 0.144 e. The molecule has 0 aliphatic heterocycles. The normalized spacial score (nSPS) is 9.43. The minimum absolute atomic E-state index is 0.884. The molecule has 5 heteroatoms. The lowest BCUT2D eigenvalue weighted by molar-refractivity contribution is 0.878. The van der Waals surface area contributed by atoms with Gasteiger partial charge < -0.3 is 0 Å². The number of aromatic nitrogens is 3. The lowest BCUT2D eigenvalue weighted by atomic mass is 11.0.